The number of nitrogens with one attached hydrogen (secondary N) is 1. The maximum Gasteiger partial charge on any atom is 0.227 e. The second kappa shape index (κ2) is 8.50. The Morgan fingerprint density at radius 3 is 2.73 bits per heavy atom. The van der Waals surface area contributed by atoms with Crippen molar-refractivity contribution in [1.29, 1.82) is 0 Å². The minimum absolute atomic E-state index is 0.169. The molecule has 0 bridgehead atoms. The van der Waals surface area contributed by atoms with Gasteiger partial charge in [-0.1, -0.05) is 16.8 Å². The molecule has 0 saturated carbocycles. The fourth-order valence-corrected chi connectivity index (χ4v) is 3.14. The van der Waals surface area contributed by atoms with Gasteiger partial charge in [0.05, 0.1) is 17.8 Å². The van der Waals surface area contributed by atoms with Crippen molar-refractivity contribution in [3.63, 3.8) is 0 Å². The van der Waals surface area contributed by atoms with Gasteiger partial charge < -0.3 is 14.6 Å². The third-order valence-electron chi connectivity index (χ3n) is 3.59. The summed E-state index contributed by atoms with van der Waals surface area (Å²) in [6.45, 7) is 0. The third-order valence-corrected chi connectivity index (χ3v) is 4.57. The number of carbonyl (C=O) groups is 1. The van der Waals surface area contributed by atoms with E-state index in [1.54, 1.807) is 19.2 Å². The van der Waals surface area contributed by atoms with E-state index in [1.165, 1.54) is 0 Å². The number of halogens is 2. The van der Waals surface area contributed by atoms with Crippen molar-refractivity contribution in [2.24, 2.45) is 0 Å². The molecule has 6 nitrogen and oxygen atoms in total. The van der Waals surface area contributed by atoms with Crippen LogP contribution < -0.4 is 10.1 Å². The summed E-state index contributed by atoms with van der Waals surface area (Å²) in [6, 6.07) is 12.8. The highest BCUT2D eigenvalue weighted by atomic mass is 127. The number of rotatable bonds is 6. The first-order valence-corrected chi connectivity index (χ1v) is 9.23. The maximum absolute atomic E-state index is 12.1. The average Bonchev–Trinajstić information content (AvgIpc) is 3.11. The van der Waals surface area contributed by atoms with E-state index in [2.05, 4.69) is 38.0 Å². The Labute approximate surface area is 169 Å². The molecule has 1 N–H and O–H groups in total. The summed E-state index contributed by atoms with van der Waals surface area (Å²) in [4.78, 5) is 16.4. The number of anilines is 1. The molecule has 1 amide bonds. The molecule has 1 aromatic heterocycles. The SMILES string of the molecule is COc1ccc(-c2noc(CCC(=O)Nc3ccc(I)cc3Cl)n2)cc1. The van der Waals surface area contributed by atoms with E-state index >= 15 is 0 Å². The topological polar surface area (TPSA) is 77.2 Å². The Morgan fingerprint density at radius 1 is 1.27 bits per heavy atom. The third kappa shape index (κ3) is 4.73. The number of amides is 1. The number of aryl methyl sites for hydroxylation is 1. The lowest BCUT2D eigenvalue weighted by atomic mass is 10.2. The van der Waals surface area contributed by atoms with Crippen molar-refractivity contribution in [2.75, 3.05) is 12.4 Å². The first-order chi connectivity index (χ1) is 12.5. The van der Waals surface area contributed by atoms with Crippen molar-refractivity contribution >= 4 is 45.8 Å². The van der Waals surface area contributed by atoms with Crippen LogP contribution in [0.25, 0.3) is 11.4 Å². The lowest BCUT2D eigenvalue weighted by Crippen LogP contribution is -2.12. The first kappa shape index (κ1) is 18.7. The Hall–Kier alpha value is -2.13. The van der Waals surface area contributed by atoms with Crippen LogP contribution >= 0.6 is 34.2 Å². The number of carbonyl (C=O) groups excluding carboxylic acids is 1. The molecule has 0 saturated heterocycles. The van der Waals surface area contributed by atoms with E-state index < -0.39 is 0 Å². The molecule has 1 heterocycles. The second-order valence-corrected chi connectivity index (χ2v) is 7.07. The van der Waals surface area contributed by atoms with Crippen molar-refractivity contribution in [1.82, 2.24) is 10.1 Å². The van der Waals surface area contributed by atoms with Crippen LogP contribution in [0.5, 0.6) is 5.75 Å². The summed E-state index contributed by atoms with van der Waals surface area (Å²) in [7, 11) is 1.61. The monoisotopic (exact) mass is 483 g/mol. The molecule has 0 spiro atoms. The number of methoxy groups -OCH3 is 1. The van der Waals surface area contributed by atoms with Crippen LogP contribution in [-0.4, -0.2) is 23.2 Å². The summed E-state index contributed by atoms with van der Waals surface area (Å²) in [5, 5.41) is 7.23. The fourth-order valence-electron chi connectivity index (χ4n) is 2.24. The lowest BCUT2D eigenvalue weighted by Gasteiger charge is -2.06. The zero-order valence-electron chi connectivity index (χ0n) is 13.8. The predicted octanol–water partition coefficient (Wildman–Crippen LogP) is 4.57. The van der Waals surface area contributed by atoms with E-state index in [1.807, 2.05) is 30.3 Å². The molecule has 0 atom stereocenters. The van der Waals surface area contributed by atoms with Crippen LogP contribution in [0.4, 0.5) is 5.69 Å². The molecule has 0 aliphatic heterocycles. The summed E-state index contributed by atoms with van der Waals surface area (Å²) in [5.41, 5.74) is 1.40. The summed E-state index contributed by atoms with van der Waals surface area (Å²) in [6.07, 6.45) is 0.559. The zero-order chi connectivity index (χ0) is 18.5. The van der Waals surface area contributed by atoms with Crippen LogP contribution in [0, 0.1) is 3.57 Å². The number of nitrogens with zero attached hydrogens (tertiary/aromatic N) is 2. The highest BCUT2D eigenvalue weighted by molar-refractivity contribution is 14.1. The lowest BCUT2D eigenvalue weighted by molar-refractivity contribution is -0.116. The molecule has 0 radical (unpaired) electrons. The molecule has 0 aliphatic carbocycles. The van der Waals surface area contributed by atoms with Crippen LogP contribution in [0.15, 0.2) is 47.0 Å². The van der Waals surface area contributed by atoms with Gasteiger partial charge in [0.2, 0.25) is 17.6 Å². The predicted molar refractivity (Wildman–Crippen MR) is 107 cm³/mol. The molecule has 8 heteroatoms. The largest absolute Gasteiger partial charge is 0.497 e. The Kier molecular flexibility index (Phi) is 6.10. The quantitative estimate of drug-likeness (QED) is 0.520. The molecule has 2 aromatic carbocycles. The summed E-state index contributed by atoms with van der Waals surface area (Å²) < 4.78 is 11.3. The molecule has 0 fully saturated rings. The van der Waals surface area contributed by atoms with Gasteiger partial charge in [-0.2, -0.15) is 4.98 Å². The van der Waals surface area contributed by atoms with Crippen molar-refractivity contribution in [3.05, 3.63) is 56.9 Å². The smallest absolute Gasteiger partial charge is 0.227 e. The molecule has 134 valence electrons. The molecular weight excluding hydrogens is 469 g/mol. The van der Waals surface area contributed by atoms with Crippen molar-refractivity contribution < 1.29 is 14.1 Å². The number of ether oxygens (including phenoxy) is 1. The standard InChI is InChI=1S/C18H15ClIN3O3/c1-25-13-5-2-11(3-6-13)18-22-17(26-23-18)9-8-16(24)21-15-7-4-12(20)10-14(15)19/h2-7,10H,8-9H2,1H3,(H,21,24). The van der Waals surface area contributed by atoms with E-state index in [9.17, 15) is 4.79 Å². The Morgan fingerprint density at radius 2 is 2.04 bits per heavy atom. The van der Waals surface area contributed by atoms with Crippen LogP contribution in [0.2, 0.25) is 5.02 Å². The van der Waals surface area contributed by atoms with E-state index in [0.717, 1.165) is 14.9 Å². The summed E-state index contributed by atoms with van der Waals surface area (Å²) in [5.74, 6) is 1.46. The van der Waals surface area contributed by atoms with E-state index in [-0.39, 0.29) is 12.3 Å². The van der Waals surface area contributed by atoms with Crippen LogP contribution in [0.3, 0.4) is 0 Å². The van der Waals surface area contributed by atoms with Crippen molar-refractivity contribution in [2.45, 2.75) is 12.8 Å². The molecule has 0 aliphatic rings. The number of hydrogen-bond acceptors (Lipinski definition) is 5. The number of hydrogen-bond donors (Lipinski definition) is 1. The minimum atomic E-state index is -0.169. The van der Waals surface area contributed by atoms with Gasteiger partial charge in [0, 0.05) is 22.0 Å². The second-order valence-electron chi connectivity index (χ2n) is 5.41. The minimum Gasteiger partial charge on any atom is -0.497 e. The van der Waals surface area contributed by atoms with Gasteiger partial charge in [-0.05, 0) is 65.1 Å². The molecular formula is C18H15ClIN3O3. The molecule has 26 heavy (non-hydrogen) atoms. The van der Waals surface area contributed by atoms with Gasteiger partial charge in [-0.25, -0.2) is 0 Å². The van der Waals surface area contributed by atoms with E-state index in [0.29, 0.717) is 28.8 Å². The highest BCUT2D eigenvalue weighted by Gasteiger charge is 2.12. The number of benzene rings is 2. The molecule has 3 rings (SSSR count). The first-order valence-electron chi connectivity index (χ1n) is 7.77. The van der Waals surface area contributed by atoms with Crippen LogP contribution in [-0.2, 0) is 11.2 Å². The van der Waals surface area contributed by atoms with Gasteiger partial charge in [0.1, 0.15) is 5.75 Å². The van der Waals surface area contributed by atoms with Gasteiger partial charge in [-0.3, -0.25) is 4.79 Å². The Bertz CT molecular complexity index is 912. The van der Waals surface area contributed by atoms with Gasteiger partial charge in [0.15, 0.2) is 0 Å². The van der Waals surface area contributed by atoms with Gasteiger partial charge in [0.25, 0.3) is 0 Å². The zero-order valence-corrected chi connectivity index (χ0v) is 16.7. The van der Waals surface area contributed by atoms with E-state index in [4.69, 9.17) is 20.9 Å². The molecule has 3 aromatic rings. The van der Waals surface area contributed by atoms with Crippen LogP contribution in [0.1, 0.15) is 12.3 Å². The maximum atomic E-state index is 12.1. The van der Waals surface area contributed by atoms with Gasteiger partial charge in [-0.15, -0.1) is 0 Å². The average molecular weight is 484 g/mol. The normalized spacial score (nSPS) is 10.6. The Balaban J connectivity index is 1.58. The van der Waals surface area contributed by atoms with Gasteiger partial charge >= 0.3 is 0 Å². The fraction of sp³-hybridized carbons (Fsp3) is 0.167. The summed E-state index contributed by atoms with van der Waals surface area (Å²) >= 11 is 8.27. The number of aromatic nitrogens is 2. The highest BCUT2D eigenvalue weighted by Crippen LogP contribution is 2.24. The molecule has 0 unspecified atom stereocenters. The van der Waals surface area contributed by atoms with Crippen molar-refractivity contribution in [3.8, 4) is 17.1 Å².